The summed E-state index contributed by atoms with van der Waals surface area (Å²) in [6.45, 7) is 4.16. The second kappa shape index (κ2) is 7.29. The minimum absolute atomic E-state index is 0.316. The van der Waals surface area contributed by atoms with Crippen molar-refractivity contribution in [3.8, 4) is 5.75 Å². The van der Waals surface area contributed by atoms with E-state index >= 15 is 0 Å². The average Bonchev–Trinajstić information content (AvgIpc) is 3.20. The molecular weight excluding hydrogens is 390 g/mol. The van der Waals surface area contributed by atoms with Crippen LogP contribution in [-0.4, -0.2) is 40.8 Å². The third-order valence-electron chi connectivity index (χ3n) is 4.91. The summed E-state index contributed by atoms with van der Waals surface area (Å²) in [6, 6.07) is 10.4. The maximum Gasteiger partial charge on any atom is 0.268 e. The van der Waals surface area contributed by atoms with Gasteiger partial charge in [0.15, 0.2) is 4.80 Å². The number of aryl methyl sites for hydroxylation is 2. The third kappa shape index (κ3) is 3.05. The van der Waals surface area contributed by atoms with Crippen LogP contribution in [0.25, 0.3) is 10.2 Å². The molecule has 0 saturated heterocycles. The fraction of sp³-hybridized carbons (Fsp3) is 0.238. The number of rotatable bonds is 4. The maximum atomic E-state index is 12.6. The average molecular weight is 409 g/mol. The lowest BCUT2D eigenvalue weighted by Gasteiger charge is -2.10. The van der Waals surface area contributed by atoms with Crippen LogP contribution in [0.4, 0.5) is 0 Å². The lowest BCUT2D eigenvalue weighted by molar-refractivity contribution is -0.118. The number of thiazole rings is 1. The van der Waals surface area contributed by atoms with E-state index in [4.69, 9.17) is 4.74 Å². The Morgan fingerprint density at radius 2 is 1.76 bits per heavy atom. The number of methoxy groups -OCH3 is 1. The Morgan fingerprint density at radius 3 is 2.34 bits per heavy atom. The topological polar surface area (TPSA) is 81.0 Å². The first-order valence-corrected chi connectivity index (χ1v) is 9.97. The van der Waals surface area contributed by atoms with Crippen LogP contribution < -0.4 is 9.54 Å². The molecule has 148 valence electrons. The predicted molar refractivity (Wildman–Crippen MR) is 109 cm³/mol. The largest absolute Gasteiger partial charge is 0.495 e. The molecule has 8 heteroatoms. The highest BCUT2D eigenvalue weighted by Crippen LogP contribution is 2.30. The zero-order chi connectivity index (χ0) is 20.7. The molecule has 29 heavy (non-hydrogen) atoms. The molecule has 1 aromatic heterocycles. The van der Waals surface area contributed by atoms with Gasteiger partial charge >= 0.3 is 0 Å². The molecule has 0 unspecified atom stereocenters. The zero-order valence-electron chi connectivity index (χ0n) is 16.3. The van der Waals surface area contributed by atoms with Crippen molar-refractivity contribution in [1.82, 2.24) is 9.47 Å². The van der Waals surface area contributed by atoms with Gasteiger partial charge in [0.2, 0.25) is 0 Å². The summed E-state index contributed by atoms with van der Waals surface area (Å²) in [5.74, 6) is -0.777. The van der Waals surface area contributed by atoms with E-state index in [1.54, 1.807) is 31.4 Å². The van der Waals surface area contributed by atoms with Gasteiger partial charge in [0.1, 0.15) is 17.8 Å². The van der Waals surface area contributed by atoms with Crippen molar-refractivity contribution >= 4 is 39.3 Å². The van der Waals surface area contributed by atoms with Crippen molar-refractivity contribution in [1.29, 1.82) is 0 Å². The molecule has 1 aliphatic heterocycles. The minimum Gasteiger partial charge on any atom is -0.495 e. The molecule has 4 rings (SSSR count). The molecular formula is C21H19N3O4S. The molecule has 0 bridgehead atoms. The summed E-state index contributed by atoms with van der Waals surface area (Å²) >= 11 is 1.39. The number of aromatic nitrogens is 1. The van der Waals surface area contributed by atoms with Crippen LogP contribution in [0, 0.1) is 6.92 Å². The van der Waals surface area contributed by atoms with Crippen molar-refractivity contribution in [2.24, 2.45) is 4.99 Å². The summed E-state index contributed by atoms with van der Waals surface area (Å²) in [5.41, 5.74) is 2.57. The molecule has 0 aliphatic carbocycles. The number of benzene rings is 2. The van der Waals surface area contributed by atoms with E-state index in [1.807, 2.05) is 30.5 Å². The maximum absolute atomic E-state index is 12.6. The summed E-state index contributed by atoms with van der Waals surface area (Å²) < 4.78 is 8.37. The second-order valence-electron chi connectivity index (χ2n) is 6.64. The molecule has 0 fully saturated rings. The first-order valence-electron chi connectivity index (χ1n) is 9.16. The number of fused-ring (bicyclic) bond motifs is 2. The Morgan fingerprint density at radius 1 is 1.10 bits per heavy atom. The molecule has 2 aromatic carbocycles. The third-order valence-corrected chi connectivity index (χ3v) is 6.13. The van der Waals surface area contributed by atoms with E-state index in [0.717, 1.165) is 20.7 Å². The van der Waals surface area contributed by atoms with Gasteiger partial charge in [-0.15, -0.1) is 0 Å². The van der Waals surface area contributed by atoms with Gasteiger partial charge in [0.05, 0.1) is 22.9 Å². The van der Waals surface area contributed by atoms with E-state index in [0.29, 0.717) is 28.2 Å². The standard InChI is InChI=1S/C21H19N3O4S/c1-4-23-17-15(28-3)10-9-12(2)18(17)29-21(23)22-16(25)11-24-19(26)13-7-5-6-8-14(13)20(24)27/h5-10H,4,11H2,1-3H3. The molecule has 0 radical (unpaired) electrons. The Kier molecular flexibility index (Phi) is 4.79. The first-order chi connectivity index (χ1) is 14.0. The van der Waals surface area contributed by atoms with E-state index < -0.39 is 17.7 Å². The molecule has 3 amide bonds. The van der Waals surface area contributed by atoms with E-state index in [9.17, 15) is 14.4 Å². The van der Waals surface area contributed by atoms with Gasteiger partial charge in [-0.1, -0.05) is 29.5 Å². The highest BCUT2D eigenvalue weighted by atomic mass is 32.1. The lowest BCUT2D eigenvalue weighted by Crippen LogP contribution is -2.35. The molecule has 2 heterocycles. The Labute approximate surface area is 170 Å². The highest BCUT2D eigenvalue weighted by Gasteiger charge is 2.36. The molecule has 0 atom stereocenters. The number of hydrogen-bond acceptors (Lipinski definition) is 5. The number of imide groups is 1. The SMILES string of the molecule is CCn1c(=NC(=O)CN2C(=O)c3ccccc3C2=O)sc2c(C)ccc(OC)c21. The lowest BCUT2D eigenvalue weighted by atomic mass is 10.1. The van der Waals surface area contributed by atoms with Gasteiger partial charge in [-0.3, -0.25) is 19.3 Å². The summed E-state index contributed by atoms with van der Waals surface area (Å²) in [7, 11) is 1.60. The van der Waals surface area contributed by atoms with E-state index in [2.05, 4.69) is 4.99 Å². The number of carbonyl (C=O) groups excluding carboxylic acids is 3. The quantitative estimate of drug-likeness (QED) is 0.621. The molecule has 7 nitrogen and oxygen atoms in total. The van der Waals surface area contributed by atoms with Gasteiger partial charge in [0, 0.05) is 6.54 Å². The molecule has 0 N–H and O–H groups in total. The number of ether oxygens (including phenoxy) is 1. The van der Waals surface area contributed by atoms with Crippen LogP contribution in [-0.2, 0) is 11.3 Å². The Hall–Kier alpha value is -3.26. The minimum atomic E-state index is -0.551. The summed E-state index contributed by atoms with van der Waals surface area (Å²) in [6.07, 6.45) is 0. The predicted octanol–water partition coefficient (Wildman–Crippen LogP) is 2.76. The normalized spacial score (nSPS) is 14.0. The molecule has 0 spiro atoms. The monoisotopic (exact) mass is 409 g/mol. The van der Waals surface area contributed by atoms with Crippen molar-refractivity contribution in [2.75, 3.05) is 13.7 Å². The van der Waals surface area contributed by atoms with Crippen molar-refractivity contribution in [2.45, 2.75) is 20.4 Å². The molecule has 3 aromatic rings. The second-order valence-corrected chi connectivity index (χ2v) is 7.62. The summed E-state index contributed by atoms with van der Waals surface area (Å²) in [5, 5.41) is 0. The van der Waals surface area contributed by atoms with Crippen molar-refractivity contribution in [3.63, 3.8) is 0 Å². The summed E-state index contributed by atoms with van der Waals surface area (Å²) in [4.78, 5) is 43.3. The van der Waals surface area contributed by atoms with Gasteiger partial charge < -0.3 is 9.30 Å². The fourth-order valence-electron chi connectivity index (χ4n) is 3.48. The van der Waals surface area contributed by atoms with Gasteiger partial charge in [-0.2, -0.15) is 4.99 Å². The smallest absolute Gasteiger partial charge is 0.268 e. The fourth-order valence-corrected chi connectivity index (χ4v) is 4.68. The van der Waals surface area contributed by atoms with E-state index in [1.165, 1.54) is 11.3 Å². The van der Waals surface area contributed by atoms with Crippen LogP contribution >= 0.6 is 11.3 Å². The van der Waals surface area contributed by atoms with Crippen molar-refractivity contribution in [3.05, 3.63) is 57.9 Å². The Bertz CT molecular complexity index is 1200. The van der Waals surface area contributed by atoms with Crippen LogP contribution in [0.2, 0.25) is 0 Å². The van der Waals surface area contributed by atoms with Crippen LogP contribution in [0.15, 0.2) is 41.4 Å². The van der Waals surface area contributed by atoms with E-state index in [-0.39, 0.29) is 6.54 Å². The van der Waals surface area contributed by atoms with Crippen LogP contribution in [0.3, 0.4) is 0 Å². The highest BCUT2D eigenvalue weighted by molar-refractivity contribution is 7.16. The molecule has 1 aliphatic rings. The van der Waals surface area contributed by atoms with Crippen molar-refractivity contribution < 1.29 is 19.1 Å². The molecule has 0 saturated carbocycles. The van der Waals surface area contributed by atoms with Crippen LogP contribution in [0.5, 0.6) is 5.75 Å². The first kappa shape index (κ1) is 19.1. The van der Waals surface area contributed by atoms with Gasteiger partial charge in [0.25, 0.3) is 17.7 Å². The van der Waals surface area contributed by atoms with Gasteiger partial charge in [-0.05, 0) is 37.6 Å². The number of nitrogens with zero attached hydrogens (tertiary/aromatic N) is 3. The Balaban J connectivity index is 1.71. The van der Waals surface area contributed by atoms with Crippen LogP contribution in [0.1, 0.15) is 33.2 Å². The number of hydrogen-bond donors (Lipinski definition) is 0. The van der Waals surface area contributed by atoms with Gasteiger partial charge in [-0.25, -0.2) is 0 Å². The zero-order valence-corrected chi connectivity index (χ0v) is 17.1. The number of carbonyl (C=O) groups is 3. The number of amides is 3.